The summed E-state index contributed by atoms with van der Waals surface area (Å²) in [5.74, 6) is 0.289. The fraction of sp³-hybridized carbons (Fsp3) is 0.357. The van der Waals surface area contributed by atoms with Crippen LogP contribution in [0, 0.1) is 6.92 Å². The Bertz CT molecular complexity index is 606. The number of aryl methyl sites for hydroxylation is 1. The van der Waals surface area contributed by atoms with Gasteiger partial charge in [-0.1, -0.05) is 0 Å². The van der Waals surface area contributed by atoms with Crippen LogP contribution in [0.1, 0.15) is 22.5 Å². The Labute approximate surface area is 123 Å². The lowest BCUT2D eigenvalue weighted by molar-refractivity contribution is 0.102. The Morgan fingerprint density at radius 3 is 2.86 bits per heavy atom. The first-order chi connectivity index (χ1) is 10.2. The fourth-order valence-electron chi connectivity index (χ4n) is 1.91. The van der Waals surface area contributed by atoms with Crippen LogP contribution in [0.15, 0.2) is 24.5 Å². The first-order valence-corrected chi connectivity index (χ1v) is 6.69. The molecule has 2 heterocycles. The second-order valence-electron chi connectivity index (χ2n) is 4.55. The molecule has 0 aliphatic rings. The van der Waals surface area contributed by atoms with Crippen LogP contribution in [0.2, 0.25) is 0 Å². The molecule has 0 atom stereocenters. The number of methoxy groups -OCH3 is 1. The van der Waals surface area contributed by atoms with Crippen LogP contribution in [0.25, 0.3) is 0 Å². The molecule has 112 valence electrons. The fourth-order valence-corrected chi connectivity index (χ4v) is 1.91. The van der Waals surface area contributed by atoms with E-state index in [0.717, 1.165) is 12.1 Å². The largest absolute Gasteiger partial charge is 0.481 e. The SMILES string of the molecule is COc1ccc(NC(=O)c2cnn(CCCN)c2C)cn1. The maximum absolute atomic E-state index is 12.2. The highest BCUT2D eigenvalue weighted by Crippen LogP contribution is 2.14. The number of ether oxygens (including phenoxy) is 1. The van der Waals surface area contributed by atoms with Crippen molar-refractivity contribution in [2.24, 2.45) is 5.73 Å². The standard InChI is InChI=1S/C14H19N5O2/c1-10-12(9-17-19(10)7-3-6-15)14(20)18-11-4-5-13(21-2)16-8-11/h4-5,8-9H,3,6-7,15H2,1-2H3,(H,18,20). The van der Waals surface area contributed by atoms with Crippen molar-refractivity contribution in [2.45, 2.75) is 19.9 Å². The number of aromatic nitrogens is 3. The summed E-state index contributed by atoms with van der Waals surface area (Å²) < 4.78 is 6.76. The molecule has 2 aromatic rings. The van der Waals surface area contributed by atoms with Gasteiger partial charge in [-0.15, -0.1) is 0 Å². The number of amides is 1. The van der Waals surface area contributed by atoms with Crippen molar-refractivity contribution in [2.75, 3.05) is 19.0 Å². The minimum atomic E-state index is -0.210. The van der Waals surface area contributed by atoms with Gasteiger partial charge in [0.05, 0.1) is 30.8 Å². The van der Waals surface area contributed by atoms with E-state index in [1.165, 1.54) is 0 Å². The molecule has 0 aliphatic carbocycles. The number of hydrogen-bond donors (Lipinski definition) is 2. The number of carbonyl (C=O) groups is 1. The third-order valence-corrected chi connectivity index (χ3v) is 3.13. The van der Waals surface area contributed by atoms with E-state index in [0.29, 0.717) is 30.2 Å². The zero-order chi connectivity index (χ0) is 15.2. The van der Waals surface area contributed by atoms with Gasteiger partial charge in [-0.05, 0) is 26.0 Å². The molecule has 21 heavy (non-hydrogen) atoms. The molecule has 0 spiro atoms. The van der Waals surface area contributed by atoms with E-state index in [1.54, 1.807) is 36.3 Å². The van der Waals surface area contributed by atoms with Gasteiger partial charge in [0.2, 0.25) is 5.88 Å². The molecular formula is C14H19N5O2. The third-order valence-electron chi connectivity index (χ3n) is 3.13. The summed E-state index contributed by atoms with van der Waals surface area (Å²) in [6.07, 6.45) is 3.94. The summed E-state index contributed by atoms with van der Waals surface area (Å²) >= 11 is 0. The van der Waals surface area contributed by atoms with Gasteiger partial charge in [0.25, 0.3) is 5.91 Å². The number of hydrogen-bond acceptors (Lipinski definition) is 5. The minimum absolute atomic E-state index is 0.210. The van der Waals surface area contributed by atoms with Crippen molar-refractivity contribution in [1.29, 1.82) is 0 Å². The highest BCUT2D eigenvalue weighted by Gasteiger charge is 2.14. The average Bonchev–Trinajstić information content (AvgIpc) is 2.87. The first kappa shape index (κ1) is 15.0. The van der Waals surface area contributed by atoms with Crippen molar-refractivity contribution in [3.05, 3.63) is 35.8 Å². The van der Waals surface area contributed by atoms with Crippen LogP contribution in [0.5, 0.6) is 5.88 Å². The smallest absolute Gasteiger partial charge is 0.259 e. The van der Waals surface area contributed by atoms with E-state index in [4.69, 9.17) is 10.5 Å². The van der Waals surface area contributed by atoms with Crippen LogP contribution in [-0.2, 0) is 6.54 Å². The Balaban J connectivity index is 2.07. The molecule has 7 nitrogen and oxygen atoms in total. The molecular weight excluding hydrogens is 270 g/mol. The number of nitrogens with two attached hydrogens (primary N) is 1. The van der Waals surface area contributed by atoms with Crippen molar-refractivity contribution in [3.63, 3.8) is 0 Å². The van der Waals surface area contributed by atoms with E-state index in [9.17, 15) is 4.79 Å². The Kier molecular flexibility index (Phi) is 4.89. The van der Waals surface area contributed by atoms with E-state index in [1.807, 2.05) is 6.92 Å². The zero-order valence-electron chi connectivity index (χ0n) is 12.2. The maximum atomic E-state index is 12.2. The Morgan fingerprint density at radius 2 is 2.24 bits per heavy atom. The molecule has 7 heteroatoms. The van der Waals surface area contributed by atoms with E-state index >= 15 is 0 Å². The van der Waals surface area contributed by atoms with Crippen LogP contribution in [0.3, 0.4) is 0 Å². The van der Waals surface area contributed by atoms with Crippen LogP contribution in [0.4, 0.5) is 5.69 Å². The molecule has 0 bridgehead atoms. The number of nitrogens with one attached hydrogen (secondary N) is 1. The third kappa shape index (κ3) is 3.57. The van der Waals surface area contributed by atoms with Gasteiger partial charge in [0, 0.05) is 18.3 Å². The van der Waals surface area contributed by atoms with Crippen LogP contribution in [-0.4, -0.2) is 34.3 Å². The Hall–Kier alpha value is -2.41. The second kappa shape index (κ2) is 6.85. The normalized spacial score (nSPS) is 10.4. The van der Waals surface area contributed by atoms with Crippen molar-refractivity contribution >= 4 is 11.6 Å². The highest BCUT2D eigenvalue weighted by molar-refractivity contribution is 6.04. The van der Waals surface area contributed by atoms with Gasteiger partial charge in [-0.2, -0.15) is 5.10 Å². The highest BCUT2D eigenvalue weighted by atomic mass is 16.5. The Morgan fingerprint density at radius 1 is 1.43 bits per heavy atom. The van der Waals surface area contributed by atoms with E-state index in [-0.39, 0.29) is 5.91 Å². The van der Waals surface area contributed by atoms with Crippen LogP contribution < -0.4 is 15.8 Å². The van der Waals surface area contributed by atoms with Crippen molar-refractivity contribution in [3.8, 4) is 5.88 Å². The topological polar surface area (TPSA) is 95.1 Å². The molecule has 1 amide bonds. The second-order valence-corrected chi connectivity index (χ2v) is 4.55. The van der Waals surface area contributed by atoms with Gasteiger partial charge < -0.3 is 15.8 Å². The summed E-state index contributed by atoms with van der Waals surface area (Å²) in [6.45, 7) is 3.17. The van der Waals surface area contributed by atoms with Crippen LogP contribution >= 0.6 is 0 Å². The lowest BCUT2D eigenvalue weighted by atomic mass is 10.2. The monoisotopic (exact) mass is 289 g/mol. The summed E-state index contributed by atoms with van der Waals surface area (Å²) in [6, 6.07) is 3.42. The number of anilines is 1. The summed E-state index contributed by atoms with van der Waals surface area (Å²) in [4.78, 5) is 16.3. The van der Waals surface area contributed by atoms with Crippen molar-refractivity contribution in [1.82, 2.24) is 14.8 Å². The quantitative estimate of drug-likeness (QED) is 0.833. The van der Waals surface area contributed by atoms with Gasteiger partial charge in [0.1, 0.15) is 0 Å². The molecule has 0 saturated heterocycles. The van der Waals surface area contributed by atoms with Gasteiger partial charge in [0.15, 0.2) is 0 Å². The zero-order valence-corrected chi connectivity index (χ0v) is 12.2. The molecule has 0 saturated carbocycles. The van der Waals surface area contributed by atoms with E-state index in [2.05, 4.69) is 15.4 Å². The molecule has 3 N–H and O–H groups in total. The summed E-state index contributed by atoms with van der Waals surface area (Å²) in [7, 11) is 1.54. The van der Waals surface area contributed by atoms with Gasteiger partial charge in [-0.25, -0.2) is 4.98 Å². The molecule has 0 aromatic carbocycles. The molecule has 0 fully saturated rings. The average molecular weight is 289 g/mol. The molecule has 0 unspecified atom stereocenters. The van der Waals surface area contributed by atoms with Gasteiger partial charge >= 0.3 is 0 Å². The number of rotatable bonds is 6. The lowest BCUT2D eigenvalue weighted by Crippen LogP contribution is -2.14. The predicted octanol–water partition coefficient (Wildman–Crippen LogP) is 1.20. The molecule has 0 radical (unpaired) electrons. The van der Waals surface area contributed by atoms with Crippen molar-refractivity contribution < 1.29 is 9.53 Å². The van der Waals surface area contributed by atoms with Gasteiger partial charge in [-0.3, -0.25) is 9.48 Å². The predicted molar refractivity (Wildman–Crippen MR) is 79.4 cm³/mol. The number of carbonyl (C=O) groups excluding carboxylic acids is 1. The lowest BCUT2D eigenvalue weighted by Gasteiger charge is -2.06. The molecule has 2 rings (SSSR count). The van der Waals surface area contributed by atoms with E-state index < -0.39 is 0 Å². The molecule has 0 aliphatic heterocycles. The first-order valence-electron chi connectivity index (χ1n) is 6.69. The maximum Gasteiger partial charge on any atom is 0.259 e. The summed E-state index contributed by atoms with van der Waals surface area (Å²) in [5.41, 5.74) is 7.45. The molecule has 2 aromatic heterocycles. The minimum Gasteiger partial charge on any atom is -0.481 e. The number of nitrogens with zero attached hydrogens (tertiary/aromatic N) is 3. The summed E-state index contributed by atoms with van der Waals surface area (Å²) in [5, 5.41) is 6.99. The number of pyridine rings is 1.